The molecule has 0 amide bonds. The molecule has 2 aromatic heterocycles. The van der Waals surface area contributed by atoms with Gasteiger partial charge in [0, 0.05) is 28.0 Å². The van der Waals surface area contributed by atoms with Crippen molar-refractivity contribution in [3.05, 3.63) is 93.9 Å². The third-order valence-electron chi connectivity index (χ3n) is 4.65. The first kappa shape index (κ1) is 21.4. The van der Waals surface area contributed by atoms with E-state index in [0.717, 1.165) is 27.5 Å². The lowest BCUT2D eigenvalue weighted by atomic mass is 10.2. The summed E-state index contributed by atoms with van der Waals surface area (Å²) in [6.07, 6.45) is 3.59. The van der Waals surface area contributed by atoms with E-state index in [0.29, 0.717) is 29.0 Å². The van der Waals surface area contributed by atoms with Crippen molar-refractivity contribution >= 4 is 52.0 Å². The van der Waals surface area contributed by atoms with Crippen molar-refractivity contribution in [2.75, 3.05) is 10.6 Å². The molecule has 0 aliphatic carbocycles. The van der Waals surface area contributed by atoms with Crippen LogP contribution in [0.15, 0.2) is 67.0 Å². The molecule has 0 saturated heterocycles. The van der Waals surface area contributed by atoms with E-state index < -0.39 is 0 Å². The minimum absolute atomic E-state index is 0.438. The Kier molecular flexibility index (Phi) is 6.56. The van der Waals surface area contributed by atoms with E-state index in [9.17, 15) is 0 Å². The maximum absolute atomic E-state index is 6.23. The second kappa shape index (κ2) is 9.51. The fourth-order valence-corrected chi connectivity index (χ4v) is 3.63. The van der Waals surface area contributed by atoms with E-state index in [1.54, 1.807) is 10.9 Å². The topological polar surface area (TPSA) is 59.7 Å². The van der Waals surface area contributed by atoms with E-state index in [1.165, 1.54) is 0 Å². The molecule has 9 heteroatoms. The van der Waals surface area contributed by atoms with Crippen LogP contribution in [0.4, 0.5) is 11.5 Å². The average molecular weight is 471 g/mol. The Morgan fingerprint density at radius 3 is 2.58 bits per heavy atom. The van der Waals surface area contributed by atoms with E-state index in [-0.39, 0.29) is 0 Å². The summed E-state index contributed by atoms with van der Waals surface area (Å²) in [5.41, 5.74) is 3.92. The minimum Gasteiger partial charge on any atom is -0.330 e. The molecule has 31 heavy (non-hydrogen) atoms. The lowest BCUT2D eigenvalue weighted by Gasteiger charge is -2.07. The SMILES string of the molecule is Cc1cc(NC(=S)Nc2cnn(Cc3ccccc3Cl)c2)nn1Cc1ccc(Cl)cc1. The van der Waals surface area contributed by atoms with Gasteiger partial charge in [-0.05, 0) is 48.5 Å². The molecule has 2 aromatic carbocycles. The summed E-state index contributed by atoms with van der Waals surface area (Å²) in [6.45, 7) is 3.23. The summed E-state index contributed by atoms with van der Waals surface area (Å²) in [6, 6.07) is 17.4. The fourth-order valence-electron chi connectivity index (χ4n) is 3.09. The molecular formula is C22H20Cl2N6S. The Hall–Kier alpha value is -2.87. The highest BCUT2D eigenvalue weighted by Crippen LogP contribution is 2.17. The van der Waals surface area contributed by atoms with Crippen LogP contribution in [0.25, 0.3) is 0 Å². The molecule has 2 heterocycles. The van der Waals surface area contributed by atoms with Gasteiger partial charge in [0.25, 0.3) is 0 Å². The van der Waals surface area contributed by atoms with Crippen molar-refractivity contribution in [1.29, 1.82) is 0 Å². The number of hydrogen-bond donors (Lipinski definition) is 2. The van der Waals surface area contributed by atoms with Crippen molar-refractivity contribution in [3.63, 3.8) is 0 Å². The number of anilines is 2. The average Bonchev–Trinajstić information content (AvgIpc) is 3.31. The minimum atomic E-state index is 0.438. The molecule has 4 aromatic rings. The third-order valence-corrected chi connectivity index (χ3v) is 5.47. The zero-order chi connectivity index (χ0) is 21.8. The number of benzene rings is 2. The van der Waals surface area contributed by atoms with Crippen molar-refractivity contribution in [3.8, 4) is 0 Å². The highest BCUT2D eigenvalue weighted by atomic mass is 35.5. The van der Waals surface area contributed by atoms with Crippen LogP contribution >= 0.6 is 35.4 Å². The predicted octanol–water partition coefficient (Wildman–Crippen LogP) is 5.60. The number of nitrogens with zero attached hydrogens (tertiary/aromatic N) is 4. The van der Waals surface area contributed by atoms with Crippen LogP contribution in [0.5, 0.6) is 0 Å². The van der Waals surface area contributed by atoms with Crippen molar-refractivity contribution in [2.24, 2.45) is 0 Å². The number of rotatable bonds is 6. The quantitative estimate of drug-likeness (QED) is 0.359. The molecule has 158 valence electrons. The lowest BCUT2D eigenvalue weighted by molar-refractivity contribution is 0.668. The zero-order valence-electron chi connectivity index (χ0n) is 16.7. The van der Waals surface area contributed by atoms with Crippen LogP contribution in [0.3, 0.4) is 0 Å². The molecule has 0 radical (unpaired) electrons. The number of thiocarbonyl (C=S) groups is 1. The van der Waals surface area contributed by atoms with E-state index in [1.807, 2.05) is 72.4 Å². The number of nitrogens with one attached hydrogen (secondary N) is 2. The monoisotopic (exact) mass is 470 g/mol. The first-order chi connectivity index (χ1) is 15.0. The molecule has 6 nitrogen and oxygen atoms in total. The smallest absolute Gasteiger partial charge is 0.176 e. The number of aryl methyl sites for hydroxylation is 1. The van der Waals surface area contributed by atoms with Crippen molar-refractivity contribution < 1.29 is 0 Å². The molecule has 0 bridgehead atoms. The molecule has 0 fully saturated rings. The van der Waals surface area contributed by atoms with Crippen molar-refractivity contribution in [1.82, 2.24) is 19.6 Å². The van der Waals surface area contributed by atoms with Gasteiger partial charge in [-0.15, -0.1) is 0 Å². The second-order valence-electron chi connectivity index (χ2n) is 7.05. The van der Waals surface area contributed by atoms with Crippen LogP contribution in [0, 0.1) is 6.92 Å². The molecular weight excluding hydrogens is 451 g/mol. The summed E-state index contributed by atoms with van der Waals surface area (Å²) in [7, 11) is 0. The summed E-state index contributed by atoms with van der Waals surface area (Å²) < 4.78 is 3.72. The van der Waals surface area contributed by atoms with Crippen LogP contribution in [-0.2, 0) is 13.1 Å². The Bertz CT molecular complexity index is 1200. The standard InChI is InChI=1S/C22H20Cl2N6S/c1-15-10-21(28-30(15)12-16-6-8-18(23)9-7-16)27-22(31)26-19-11-25-29(14-19)13-17-4-2-3-5-20(17)24/h2-11,14H,12-13H2,1H3,(H2,26,27,28,31). The summed E-state index contributed by atoms with van der Waals surface area (Å²) in [5, 5.41) is 17.1. The Morgan fingerprint density at radius 2 is 1.81 bits per heavy atom. The van der Waals surface area contributed by atoms with Crippen LogP contribution in [-0.4, -0.2) is 24.7 Å². The highest BCUT2D eigenvalue weighted by molar-refractivity contribution is 7.80. The maximum Gasteiger partial charge on any atom is 0.176 e. The Labute approximate surface area is 195 Å². The van der Waals surface area contributed by atoms with Crippen molar-refractivity contribution in [2.45, 2.75) is 20.0 Å². The van der Waals surface area contributed by atoms with Gasteiger partial charge in [0.2, 0.25) is 0 Å². The number of hydrogen-bond acceptors (Lipinski definition) is 3. The third kappa shape index (κ3) is 5.64. The first-order valence-corrected chi connectivity index (χ1v) is 10.8. The van der Waals surface area contributed by atoms with Gasteiger partial charge in [0.1, 0.15) is 0 Å². The summed E-state index contributed by atoms with van der Waals surface area (Å²) in [5.74, 6) is 0.674. The van der Waals surface area contributed by atoms with Gasteiger partial charge in [-0.3, -0.25) is 9.36 Å². The molecule has 0 spiro atoms. The van der Waals surface area contributed by atoms with Gasteiger partial charge in [-0.25, -0.2) is 0 Å². The number of halogens is 2. The van der Waals surface area contributed by atoms with E-state index in [2.05, 4.69) is 20.8 Å². The van der Waals surface area contributed by atoms with Crippen LogP contribution in [0.2, 0.25) is 10.0 Å². The fraction of sp³-hybridized carbons (Fsp3) is 0.136. The Morgan fingerprint density at radius 1 is 1.03 bits per heavy atom. The van der Waals surface area contributed by atoms with E-state index >= 15 is 0 Å². The van der Waals surface area contributed by atoms with Gasteiger partial charge >= 0.3 is 0 Å². The molecule has 0 atom stereocenters. The van der Waals surface area contributed by atoms with Gasteiger partial charge in [-0.1, -0.05) is 53.5 Å². The van der Waals surface area contributed by atoms with Gasteiger partial charge in [0.05, 0.1) is 25.0 Å². The normalized spacial score (nSPS) is 10.8. The molecule has 0 saturated carbocycles. The first-order valence-electron chi connectivity index (χ1n) is 9.59. The second-order valence-corrected chi connectivity index (χ2v) is 8.30. The molecule has 2 N–H and O–H groups in total. The van der Waals surface area contributed by atoms with Crippen LogP contribution < -0.4 is 10.6 Å². The molecule has 4 rings (SSSR count). The van der Waals surface area contributed by atoms with Gasteiger partial charge < -0.3 is 10.6 Å². The number of aromatic nitrogens is 4. The van der Waals surface area contributed by atoms with Gasteiger partial charge in [-0.2, -0.15) is 10.2 Å². The largest absolute Gasteiger partial charge is 0.330 e. The highest BCUT2D eigenvalue weighted by Gasteiger charge is 2.08. The van der Waals surface area contributed by atoms with Gasteiger partial charge in [0.15, 0.2) is 10.9 Å². The molecule has 0 aliphatic rings. The zero-order valence-corrected chi connectivity index (χ0v) is 19.0. The van der Waals surface area contributed by atoms with Crippen LogP contribution in [0.1, 0.15) is 16.8 Å². The summed E-state index contributed by atoms with van der Waals surface area (Å²) >= 11 is 17.6. The summed E-state index contributed by atoms with van der Waals surface area (Å²) in [4.78, 5) is 0. The maximum atomic E-state index is 6.23. The van der Waals surface area contributed by atoms with E-state index in [4.69, 9.17) is 35.4 Å². The molecule has 0 aliphatic heterocycles. The molecule has 0 unspecified atom stereocenters. The lowest BCUT2D eigenvalue weighted by Crippen LogP contribution is -2.19. The predicted molar refractivity (Wildman–Crippen MR) is 130 cm³/mol. The Balaban J connectivity index is 1.35.